The topological polar surface area (TPSA) is 84.9 Å². The van der Waals surface area contributed by atoms with E-state index in [1.54, 1.807) is 6.07 Å². The Morgan fingerprint density at radius 3 is 2.72 bits per heavy atom. The second kappa shape index (κ2) is 11.1. The summed E-state index contributed by atoms with van der Waals surface area (Å²) in [5, 5.41) is 8.87. The highest BCUT2D eigenvalue weighted by atomic mass is 32.2. The molecule has 2 aromatic rings. The van der Waals surface area contributed by atoms with Crippen molar-refractivity contribution in [3.8, 4) is 5.75 Å². The van der Waals surface area contributed by atoms with E-state index < -0.39 is 17.3 Å². The molecule has 0 spiro atoms. The van der Waals surface area contributed by atoms with Gasteiger partial charge in [0.2, 0.25) is 4.90 Å². The molecule has 0 amide bonds. The van der Waals surface area contributed by atoms with E-state index in [0.717, 1.165) is 54.3 Å². The molecular weight excluding hydrogens is 444 g/mol. The fourth-order valence-electron chi connectivity index (χ4n) is 3.82. The lowest BCUT2D eigenvalue weighted by atomic mass is 9.89. The van der Waals surface area contributed by atoms with Gasteiger partial charge in [0, 0.05) is 18.3 Å². The van der Waals surface area contributed by atoms with E-state index in [9.17, 15) is 9.35 Å². The van der Waals surface area contributed by atoms with Gasteiger partial charge in [0.15, 0.2) is 0 Å². The second-order valence-electron chi connectivity index (χ2n) is 7.76. The maximum Gasteiger partial charge on any atom is 0.331 e. The molecule has 1 heterocycles. The van der Waals surface area contributed by atoms with Crippen LogP contribution in [0.4, 0.5) is 11.4 Å². The van der Waals surface area contributed by atoms with Crippen LogP contribution in [-0.2, 0) is 16.2 Å². The number of unbranched alkanes of at least 4 members (excludes halogenated alkanes) is 1. The van der Waals surface area contributed by atoms with Gasteiger partial charge in [-0.2, -0.15) is 0 Å². The van der Waals surface area contributed by atoms with Gasteiger partial charge in [0.1, 0.15) is 11.4 Å². The minimum Gasteiger partial charge on any atom is -0.593 e. The Balaban J connectivity index is 2.13. The Kier molecular flexibility index (Phi) is 8.53. The number of carbonyl (C=O) groups is 1. The van der Waals surface area contributed by atoms with Gasteiger partial charge in [0.05, 0.1) is 34.1 Å². The number of nitrogens with zero attached hydrogens (tertiary/aromatic N) is 1. The number of para-hydroxylation sites is 1. The summed E-state index contributed by atoms with van der Waals surface area (Å²) < 4.78 is 22.6. The van der Waals surface area contributed by atoms with Crippen molar-refractivity contribution in [3.63, 3.8) is 0 Å². The van der Waals surface area contributed by atoms with Crippen LogP contribution in [0.3, 0.4) is 0 Å². The van der Waals surface area contributed by atoms with Crippen LogP contribution < -0.4 is 14.4 Å². The average molecular weight is 475 g/mol. The van der Waals surface area contributed by atoms with E-state index in [2.05, 4.69) is 35.6 Å². The van der Waals surface area contributed by atoms with Gasteiger partial charge >= 0.3 is 5.97 Å². The molecule has 1 aliphatic heterocycles. The molecule has 0 saturated carbocycles. The molecule has 6 nitrogen and oxygen atoms in total. The van der Waals surface area contributed by atoms with Crippen LogP contribution in [0.1, 0.15) is 39.5 Å². The van der Waals surface area contributed by atoms with Gasteiger partial charge in [-0.25, -0.2) is 4.79 Å². The third kappa shape index (κ3) is 5.61. The van der Waals surface area contributed by atoms with Gasteiger partial charge < -0.3 is 19.3 Å². The lowest BCUT2D eigenvalue weighted by molar-refractivity contribution is -0.131. The molecular formula is C24H30N2O4S2. The number of hydrogen-bond acceptors (Lipinski definition) is 6. The first kappa shape index (κ1) is 24.5. The van der Waals surface area contributed by atoms with Crippen LogP contribution in [0.5, 0.6) is 5.75 Å². The number of fused-ring (bicyclic) bond motifs is 1. The third-order valence-corrected chi connectivity index (χ3v) is 7.77. The summed E-state index contributed by atoms with van der Waals surface area (Å²) in [5.41, 5.74) is 1.60. The normalized spacial score (nSPS) is 20.8. The van der Waals surface area contributed by atoms with Crippen molar-refractivity contribution in [2.75, 3.05) is 17.7 Å². The molecule has 0 bridgehead atoms. The fourth-order valence-corrected chi connectivity index (χ4v) is 5.75. The Morgan fingerprint density at radius 1 is 1.34 bits per heavy atom. The molecule has 172 valence electrons. The number of aliphatic carboxylic acids is 1. The molecule has 8 heteroatoms. The van der Waals surface area contributed by atoms with Crippen molar-refractivity contribution in [3.05, 3.63) is 54.8 Å². The van der Waals surface area contributed by atoms with E-state index in [1.165, 1.54) is 11.8 Å². The summed E-state index contributed by atoms with van der Waals surface area (Å²) >= 11 is 0.0436. The SMILES string of the molecule is CCCCC1(CC)CN(c2ccccc2)c2cc(SC)c(O/C=C/C(=O)O)cc2[S+]([O-])N1. The van der Waals surface area contributed by atoms with Crippen molar-refractivity contribution < 1.29 is 19.2 Å². The highest BCUT2D eigenvalue weighted by molar-refractivity contribution is 7.98. The van der Waals surface area contributed by atoms with E-state index in [-0.39, 0.29) is 5.54 Å². The minimum absolute atomic E-state index is 0.306. The molecule has 32 heavy (non-hydrogen) atoms. The Labute approximate surface area is 197 Å². The quantitative estimate of drug-likeness (QED) is 0.215. The zero-order chi connectivity index (χ0) is 23.1. The first-order chi connectivity index (χ1) is 15.4. The summed E-state index contributed by atoms with van der Waals surface area (Å²) in [4.78, 5) is 14.5. The van der Waals surface area contributed by atoms with Gasteiger partial charge in [0.25, 0.3) is 0 Å². The van der Waals surface area contributed by atoms with Crippen LogP contribution in [0.2, 0.25) is 0 Å². The largest absolute Gasteiger partial charge is 0.593 e. The van der Waals surface area contributed by atoms with E-state index >= 15 is 0 Å². The van der Waals surface area contributed by atoms with Gasteiger partial charge in [-0.1, -0.05) is 44.9 Å². The zero-order valence-corrected chi connectivity index (χ0v) is 20.3. The maximum absolute atomic E-state index is 13.6. The highest BCUT2D eigenvalue weighted by Crippen LogP contribution is 2.43. The maximum atomic E-state index is 13.6. The lowest BCUT2D eigenvalue weighted by Gasteiger charge is -2.35. The monoisotopic (exact) mass is 474 g/mol. The Bertz CT molecular complexity index is 955. The average Bonchev–Trinajstić information content (AvgIpc) is 2.92. The number of carboxylic acid groups (broad SMARTS) is 1. The molecule has 2 atom stereocenters. The number of thioether (sulfide) groups is 1. The van der Waals surface area contributed by atoms with Crippen LogP contribution in [0.25, 0.3) is 0 Å². The number of nitrogens with one attached hydrogen (secondary N) is 1. The molecule has 1 aliphatic rings. The molecule has 0 aromatic heterocycles. The van der Waals surface area contributed by atoms with Crippen molar-refractivity contribution in [1.29, 1.82) is 0 Å². The molecule has 0 aliphatic carbocycles. The first-order valence-electron chi connectivity index (χ1n) is 10.7. The second-order valence-corrected chi connectivity index (χ2v) is 9.79. The third-order valence-electron chi connectivity index (χ3n) is 5.66. The highest BCUT2D eigenvalue weighted by Gasteiger charge is 2.41. The lowest BCUT2D eigenvalue weighted by Crippen LogP contribution is -2.52. The summed E-state index contributed by atoms with van der Waals surface area (Å²) in [6.45, 7) is 5.00. The fraction of sp³-hybridized carbons (Fsp3) is 0.375. The van der Waals surface area contributed by atoms with E-state index in [0.29, 0.717) is 17.2 Å². The summed E-state index contributed by atoms with van der Waals surface area (Å²) in [5.74, 6) is -0.607. The molecule has 2 aromatic carbocycles. The standard InChI is InChI=1S/C24H30N2O4S2/c1-4-6-13-24(5-2)17-26(18-10-8-7-9-11-18)19-15-21(31-3)20(30-14-12-23(27)28)16-22(19)32(29)25-24/h7-12,14-16,25H,4-6,13,17H2,1-3H3,(H,27,28)/b14-12+. The minimum atomic E-state index is -1.46. The number of benzene rings is 2. The predicted molar refractivity (Wildman–Crippen MR) is 131 cm³/mol. The molecule has 0 saturated heterocycles. The molecule has 0 fully saturated rings. The van der Waals surface area contributed by atoms with Crippen LogP contribution >= 0.6 is 11.8 Å². The predicted octanol–water partition coefficient (Wildman–Crippen LogP) is 5.49. The van der Waals surface area contributed by atoms with Crippen molar-refractivity contribution in [1.82, 2.24) is 4.72 Å². The number of hydrogen-bond donors (Lipinski definition) is 2. The summed E-state index contributed by atoms with van der Waals surface area (Å²) in [6, 6.07) is 13.9. The van der Waals surface area contributed by atoms with E-state index in [1.807, 2.05) is 30.5 Å². The summed E-state index contributed by atoms with van der Waals surface area (Å²) in [6.07, 6.45) is 7.89. The number of carboxylic acids is 1. The Morgan fingerprint density at radius 2 is 2.09 bits per heavy atom. The van der Waals surface area contributed by atoms with Gasteiger partial charge in [-0.15, -0.1) is 16.5 Å². The van der Waals surface area contributed by atoms with Crippen molar-refractivity contribution in [2.45, 2.75) is 54.9 Å². The first-order valence-corrected chi connectivity index (χ1v) is 13.1. The van der Waals surface area contributed by atoms with Crippen LogP contribution in [0.15, 0.2) is 64.6 Å². The summed E-state index contributed by atoms with van der Waals surface area (Å²) in [7, 11) is 0. The van der Waals surface area contributed by atoms with Gasteiger partial charge in [-0.05, 0) is 37.3 Å². The Hall–Kier alpha value is -2.13. The van der Waals surface area contributed by atoms with Gasteiger partial charge in [-0.3, -0.25) is 0 Å². The van der Waals surface area contributed by atoms with Crippen molar-refractivity contribution in [2.24, 2.45) is 0 Å². The number of anilines is 2. The molecule has 2 unspecified atom stereocenters. The van der Waals surface area contributed by atoms with Crippen LogP contribution in [-0.4, -0.2) is 34.0 Å². The number of ether oxygens (including phenoxy) is 1. The molecule has 3 rings (SSSR count). The van der Waals surface area contributed by atoms with Crippen LogP contribution in [0, 0.1) is 0 Å². The number of rotatable bonds is 9. The van der Waals surface area contributed by atoms with Crippen molar-refractivity contribution >= 4 is 40.5 Å². The van der Waals surface area contributed by atoms with E-state index in [4.69, 9.17) is 9.84 Å². The molecule has 0 radical (unpaired) electrons. The zero-order valence-electron chi connectivity index (χ0n) is 18.7. The smallest absolute Gasteiger partial charge is 0.331 e. The molecule has 2 N–H and O–H groups in total.